The molecule has 3 rings (SSSR count). The summed E-state index contributed by atoms with van der Waals surface area (Å²) in [4.78, 5) is 21.0. The maximum Gasteiger partial charge on any atom is 0.255 e. The van der Waals surface area contributed by atoms with Crippen LogP contribution < -0.4 is 5.32 Å². The third-order valence-electron chi connectivity index (χ3n) is 4.51. The molecule has 0 spiro atoms. The Hall–Kier alpha value is -1.82. The van der Waals surface area contributed by atoms with Crippen LogP contribution in [0, 0.1) is 0 Å². The highest BCUT2D eigenvalue weighted by Gasteiger charge is 2.20. The van der Waals surface area contributed by atoms with Crippen molar-refractivity contribution < 1.29 is 4.79 Å². The summed E-state index contributed by atoms with van der Waals surface area (Å²) < 4.78 is 0. The van der Waals surface area contributed by atoms with E-state index in [1.807, 2.05) is 23.1 Å². The van der Waals surface area contributed by atoms with Gasteiger partial charge in [-0.1, -0.05) is 29.3 Å². The van der Waals surface area contributed by atoms with Crippen molar-refractivity contribution in [1.29, 1.82) is 0 Å². The Morgan fingerprint density at radius 2 is 1.92 bits per heavy atom. The normalized spacial score (nSPS) is 15.1. The van der Waals surface area contributed by atoms with E-state index in [0.717, 1.165) is 43.9 Å². The van der Waals surface area contributed by atoms with E-state index in [2.05, 4.69) is 22.2 Å². The summed E-state index contributed by atoms with van der Waals surface area (Å²) >= 11 is 12.1. The van der Waals surface area contributed by atoms with Crippen molar-refractivity contribution in [2.75, 3.05) is 45.1 Å². The smallest absolute Gasteiger partial charge is 0.255 e. The first-order valence-electron chi connectivity index (χ1n) is 8.63. The third kappa shape index (κ3) is 4.87. The number of nitrogens with one attached hydrogen (secondary N) is 1. The zero-order valence-electron chi connectivity index (χ0n) is 14.7. The van der Waals surface area contributed by atoms with Gasteiger partial charge in [0.25, 0.3) is 5.91 Å². The van der Waals surface area contributed by atoms with E-state index in [1.54, 1.807) is 18.5 Å². The Kier molecular flexibility index (Phi) is 6.35. The summed E-state index contributed by atoms with van der Waals surface area (Å²) in [7, 11) is 2.07. The number of nitrogens with zero attached hydrogens (tertiary/aromatic N) is 3. The molecule has 0 saturated carbocycles. The maximum absolute atomic E-state index is 12.6. The van der Waals surface area contributed by atoms with Crippen molar-refractivity contribution in [2.45, 2.75) is 6.42 Å². The second-order valence-electron chi connectivity index (χ2n) is 6.47. The van der Waals surface area contributed by atoms with Crippen LogP contribution in [0.1, 0.15) is 15.9 Å². The minimum Gasteiger partial charge on any atom is -0.383 e. The van der Waals surface area contributed by atoms with Gasteiger partial charge in [-0.3, -0.25) is 9.78 Å². The summed E-state index contributed by atoms with van der Waals surface area (Å²) in [6, 6.07) is 7.37. The molecule has 0 unspecified atom stereocenters. The van der Waals surface area contributed by atoms with Gasteiger partial charge in [0.15, 0.2) is 0 Å². The molecule has 5 nitrogen and oxygen atoms in total. The Morgan fingerprint density at radius 1 is 1.15 bits per heavy atom. The fourth-order valence-corrected chi connectivity index (χ4v) is 3.41. The molecule has 1 fully saturated rings. The molecule has 1 aromatic heterocycles. The molecule has 1 aromatic carbocycles. The highest BCUT2D eigenvalue weighted by atomic mass is 35.5. The van der Waals surface area contributed by atoms with E-state index < -0.39 is 0 Å². The average molecular weight is 393 g/mol. The second kappa shape index (κ2) is 8.71. The standard InChI is InChI=1S/C19H22Cl2N4O/c1-24-6-8-25(9-7-24)19(26)15-10-17(13-22-12-15)23-5-4-14-2-3-16(20)11-18(14)21/h2-3,10-13,23H,4-9H2,1H3. The fraction of sp³-hybridized carbons (Fsp3) is 0.368. The minimum absolute atomic E-state index is 0.0370. The Morgan fingerprint density at radius 3 is 2.65 bits per heavy atom. The summed E-state index contributed by atoms with van der Waals surface area (Å²) in [5, 5.41) is 4.60. The molecule has 1 saturated heterocycles. The van der Waals surface area contributed by atoms with Crippen LogP contribution in [0.2, 0.25) is 10.0 Å². The lowest BCUT2D eigenvalue weighted by atomic mass is 10.1. The van der Waals surface area contributed by atoms with Crippen molar-refractivity contribution in [3.8, 4) is 0 Å². The van der Waals surface area contributed by atoms with Gasteiger partial charge in [-0.2, -0.15) is 0 Å². The van der Waals surface area contributed by atoms with E-state index >= 15 is 0 Å². The van der Waals surface area contributed by atoms with Gasteiger partial charge in [-0.15, -0.1) is 0 Å². The summed E-state index contributed by atoms with van der Waals surface area (Å²) in [5.41, 5.74) is 2.47. The van der Waals surface area contributed by atoms with Crippen molar-refractivity contribution in [3.05, 3.63) is 57.8 Å². The van der Waals surface area contributed by atoms with Gasteiger partial charge in [0.05, 0.1) is 11.3 Å². The molecule has 1 amide bonds. The number of piperazine rings is 1. The predicted octanol–water partition coefficient (Wildman–Crippen LogP) is 3.43. The van der Waals surface area contributed by atoms with Crippen molar-refractivity contribution in [2.24, 2.45) is 0 Å². The number of aromatic nitrogens is 1. The first-order chi connectivity index (χ1) is 12.5. The lowest BCUT2D eigenvalue weighted by molar-refractivity contribution is 0.0663. The van der Waals surface area contributed by atoms with Crippen molar-refractivity contribution in [1.82, 2.24) is 14.8 Å². The van der Waals surface area contributed by atoms with Crippen LogP contribution in [0.15, 0.2) is 36.7 Å². The Labute approximate surface area is 163 Å². The molecule has 138 valence electrons. The molecule has 1 aliphatic heterocycles. The second-order valence-corrected chi connectivity index (χ2v) is 7.31. The number of halogens is 2. The maximum atomic E-state index is 12.6. The molecule has 0 radical (unpaired) electrons. The monoisotopic (exact) mass is 392 g/mol. The van der Waals surface area contributed by atoms with Crippen molar-refractivity contribution >= 4 is 34.8 Å². The quantitative estimate of drug-likeness (QED) is 0.846. The number of pyridine rings is 1. The molecule has 0 atom stereocenters. The van der Waals surface area contributed by atoms with Gasteiger partial charge in [-0.25, -0.2) is 0 Å². The van der Waals surface area contributed by atoms with Gasteiger partial charge >= 0.3 is 0 Å². The molecule has 1 aliphatic rings. The minimum atomic E-state index is 0.0370. The zero-order valence-corrected chi connectivity index (χ0v) is 16.2. The summed E-state index contributed by atoms with van der Waals surface area (Å²) in [6.07, 6.45) is 4.11. The third-order valence-corrected chi connectivity index (χ3v) is 5.10. The number of hydrogen-bond donors (Lipinski definition) is 1. The lowest BCUT2D eigenvalue weighted by Gasteiger charge is -2.32. The number of amides is 1. The molecule has 0 aliphatic carbocycles. The topological polar surface area (TPSA) is 48.5 Å². The molecule has 0 bridgehead atoms. The molecule has 1 N–H and O–H groups in total. The zero-order chi connectivity index (χ0) is 18.5. The van der Waals surface area contributed by atoms with E-state index in [0.29, 0.717) is 22.2 Å². The number of likely N-dealkylation sites (N-methyl/N-ethyl adjacent to an activating group) is 1. The van der Waals surface area contributed by atoms with E-state index in [9.17, 15) is 4.79 Å². The molecule has 2 aromatic rings. The average Bonchev–Trinajstić information content (AvgIpc) is 2.64. The highest BCUT2D eigenvalue weighted by Crippen LogP contribution is 2.21. The molecule has 7 heteroatoms. The Bertz CT molecular complexity index is 776. The number of carbonyl (C=O) groups is 1. The van der Waals surface area contributed by atoms with Crippen LogP contribution in [0.3, 0.4) is 0 Å². The fourth-order valence-electron chi connectivity index (χ4n) is 2.91. The van der Waals surface area contributed by atoms with E-state index in [-0.39, 0.29) is 5.91 Å². The molecule has 26 heavy (non-hydrogen) atoms. The number of hydrogen-bond acceptors (Lipinski definition) is 4. The van der Waals surface area contributed by atoms with Crippen LogP contribution in [0.5, 0.6) is 0 Å². The largest absolute Gasteiger partial charge is 0.383 e. The summed E-state index contributed by atoms with van der Waals surface area (Å²) in [5.74, 6) is 0.0370. The molecular formula is C19H22Cl2N4O. The van der Waals surface area contributed by atoms with Crippen molar-refractivity contribution in [3.63, 3.8) is 0 Å². The molecular weight excluding hydrogens is 371 g/mol. The van der Waals surface area contributed by atoms with Gasteiger partial charge in [0.2, 0.25) is 0 Å². The number of rotatable bonds is 5. The SMILES string of the molecule is CN1CCN(C(=O)c2cncc(NCCc3ccc(Cl)cc3Cl)c2)CC1. The number of benzene rings is 1. The first-order valence-corrected chi connectivity index (χ1v) is 9.39. The van der Waals surface area contributed by atoms with Crippen LogP contribution >= 0.6 is 23.2 Å². The summed E-state index contributed by atoms with van der Waals surface area (Å²) in [6.45, 7) is 4.00. The highest BCUT2D eigenvalue weighted by molar-refractivity contribution is 6.35. The Balaban J connectivity index is 1.58. The lowest BCUT2D eigenvalue weighted by Crippen LogP contribution is -2.47. The van der Waals surface area contributed by atoms with Crippen LogP contribution in [0.25, 0.3) is 0 Å². The number of carbonyl (C=O) groups excluding carboxylic acids is 1. The van der Waals surface area contributed by atoms with Gasteiger partial charge < -0.3 is 15.1 Å². The first kappa shape index (κ1) is 19.0. The van der Waals surface area contributed by atoms with E-state index in [4.69, 9.17) is 23.2 Å². The van der Waals surface area contributed by atoms with E-state index in [1.165, 1.54) is 0 Å². The van der Waals surface area contributed by atoms with Crippen LogP contribution in [0.4, 0.5) is 5.69 Å². The molecule has 2 heterocycles. The van der Waals surface area contributed by atoms with Gasteiger partial charge in [-0.05, 0) is 37.2 Å². The predicted molar refractivity (Wildman–Crippen MR) is 106 cm³/mol. The van der Waals surface area contributed by atoms with Gasteiger partial charge in [0, 0.05) is 55.2 Å². The van der Waals surface area contributed by atoms with Crippen LogP contribution in [-0.4, -0.2) is 60.5 Å². The van der Waals surface area contributed by atoms with Crippen LogP contribution in [-0.2, 0) is 6.42 Å². The number of anilines is 1. The van der Waals surface area contributed by atoms with Gasteiger partial charge in [0.1, 0.15) is 0 Å².